The number of carbonyl (C=O) groups excluding carboxylic acids is 1. The molecule has 6 heteroatoms. The van der Waals surface area contributed by atoms with Crippen LogP contribution in [0.1, 0.15) is 48.6 Å². The molecule has 1 unspecified atom stereocenters. The van der Waals surface area contributed by atoms with Crippen LogP contribution in [0.3, 0.4) is 0 Å². The molecule has 0 fully saturated rings. The minimum absolute atomic E-state index is 0.182. The Kier molecular flexibility index (Phi) is 7.27. The van der Waals surface area contributed by atoms with Gasteiger partial charge in [0, 0.05) is 18.3 Å². The third-order valence-electron chi connectivity index (χ3n) is 6.78. The first kappa shape index (κ1) is 23.9. The highest BCUT2D eigenvalue weighted by atomic mass is 16.5. The van der Waals surface area contributed by atoms with Crippen molar-refractivity contribution in [1.29, 1.82) is 0 Å². The lowest BCUT2D eigenvalue weighted by atomic mass is 9.97. The van der Waals surface area contributed by atoms with E-state index in [2.05, 4.69) is 42.2 Å². The van der Waals surface area contributed by atoms with E-state index in [1.54, 1.807) is 14.2 Å². The van der Waals surface area contributed by atoms with Crippen molar-refractivity contribution in [3.63, 3.8) is 0 Å². The van der Waals surface area contributed by atoms with Gasteiger partial charge < -0.3 is 19.9 Å². The summed E-state index contributed by atoms with van der Waals surface area (Å²) in [4.78, 5) is 14.6. The van der Waals surface area contributed by atoms with E-state index < -0.39 is 0 Å². The van der Waals surface area contributed by atoms with Crippen molar-refractivity contribution < 1.29 is 19.0 Å². The zero-order chi connectivity index (χ0) is 24.2. The van der Waals surface area contributed by atoms with Crippen molar-refractivity contribution in [3.05, 3.63) is 64.7 Å². The summed E-state index contributed by atoms with van der Waals surface area (Å²) in [6.45, 7) is 6.28. The van der Waals surface area contributed by atoms with E-state index >= 15 is 0 Å². The topological polar surface area (TPSA) is 74.0 Å². The Morgan fingerprint density at radius 1 is 1.09 bits per heavy atom. The quantitative estimate of drug-likeness (QED) is 0.391. The highest BCUT2D eigenvalue weighted by Crippen LogP contribution is 2.38. The number of fused-ring (bicyclic) bond motifs is 2. The van der Waals surface area contributed by atoms with E-state index in [9.17, 15) is 4.79 Å². The molecule has 0 saturated heterocycles. The molecule has 0 amide bonds. The standard InChI is InChI=1S/C28H34N2O4/c1-5-34-28(31)16-24-22-10-8-19(13-21(22)9-11-25(24)29)17-30-12-6-7-20-14-26(32-3)27(33-4)15-23(20)18(30)2/h8-11,13-15,18H,5-7,12,16-17,29H2,1-4H3. The van der Waals surface area contributed by atoms with Gasteiger partial charge in [-0.3, -0.25) is 9.69 Å². The number of nitrogens with two attached hydrogens (primary N) is 1. The van der Waals surface area contributed by atoms with Crippen LogP contribution in [-0.4, -0.2) is 38.2 Å². The Hall–Kier alpha value is -3.25. The zero-order valence-electron chi connectivity index (χ0n) is 20.5. The molecule has 3 aromatic rings. The van der Waals surface area contributed by atoms with Gasteiger partial charge in [0.2, 0.25) is 0 Å². The van der Waals surface area contributed by atoms with Crippen molar-refractivity contribution in [2.45, 2.75) is 45.7 Å². The molecule has 0 radical (unpaired) electrons. The van der Waals surface area contributed by atoms with Gasteiger partial charge >= 0.3 is 5.97 Å². The summed E-state index contributed by atoms with van der Waals surface area (Å²) in [5.74, 6) is 1.30. The minimum atomic E-state index is -0.255. The number of methoxy groups -OCH3 is 2. The molecule has 3 aromatic carbocycles. The maximum atomic E-state index is 12.1. The van der Waals surface area contributed by atoms with Gasteiger partial charge in [-0.1, -0.05) is 18.2 Å². The number of hydrogen-bond donors (Lipinski definition) is 1. The summed E-state index contributed by atoms with van der Waals surface area (Å²) in [6, 6.07) is 14.8. The number of esters is 1. The lowest BCUT2D eigenvalue weighted by Crippen LogP contribution is -2.26. The third kappa shape index (κ3) is 4.82. The van der Waals surface area contributed by atoms with Crippen molar-refractivity contribution in [3.8, 4) is 11.5 Å². The molecule has 1 aliphatic heterocycles. The molecule has 6 nitrogen and oxygen atoms in total. The molecule has 0 bridgehead atoms. The molecule has 1 aliphatic rings. The summed E-state index contributed by atoms with van der Waals surface area (Å²) >= 11 is 0. The predicted molar refractivity (Wildman–Crippen MR) is 135 cm³/mol. The number of carbonyl (C=O) groups is 1. The van der Waals surface area contributed by atoms with Crippen molar-refractivity contribution in [1.82, 2.24) is 4.90 Å². The largest absolute Gasteiger partial charge is 0.493 e. The average molecular weight is 463 g/mol. The number of nitrogen functional groups attached to an aromatic ring is 1. The van der Waals surface area contributed by atoms with E-state index in [1.807, 2.05) is 19.1 Å². The monoisotopic (exact) mass is 462 g/mol. The van der Waals surface area contributed by atoms with Crippen LogP contribution in [0, 0.1) is 0 Å². The maximum Gasteiger partial charge on any atom is 0.310 e. The van der Waals surface area contributed by atoms with Gasteiger partial charge in [-0.05, 0) is 90.5 Å². The molecule has 0 aromatic heterocycles. The van der Waals surface area contributed by atoms with Crippen LogP contribution in [-0.2, 0) is 28.9 Å². The Balaban J connectivity index is 1.61. The Morgan fingerprint density at radius 3 is 2.59 bits per heavy atom. The molecular weight excluding hydrogens is 428 g/mol. The first-order valence-corrected chi connectivity index (χ1v) is 11.9. The van der Waals surface area contributed by atoms with E-state index in [0.717, 1.165) is 53.8 Å². The summed E-state index contributed by atoms with van der Waals surface area (Å²) in [7, 11) is 3.36. The fraction of sp³-hybridized carbons (Fsp3) is 0.393. The number of aryl methyl sites for hydroxylation is 1. The van der Waals surface area contributed by atoms with Crippen molar-refractivity contribution in [2.24, 2.45) is 0 Å². The number of anilines is 1. The Bertz CT molecular complexity index is 1190. The van der Waals surface area contributed by atoms with Gasteiger partial charge in [0.25, 0.3) is 0 Å². The highest BCUT2D eigenvalue weighted by Gasteiger charge is 2.24. The molecule has 4 rings (SSSR count). The van der Waals surface area contributed by atoms with Gasteiger partial charge in [0.05, 0.1) is 27.2 Å². The smallest absolute Gasteiger partial charge is 0.310 e. The first-order chi connectivity index (χ1) is 16.4. The molecule has 0 saturated carbocycles. The Labute approximate surface area is 201 Å². The third-order valence-corrected chi connectivity index (χ3v) is 6.78. The van der Waals surface area contributed by atoms with E-state index in [-0.39, 0.29) is 18.4 Å². The van der Waals surface area contributed by atoms with Crippen LogP contribution in [0.4, 0.5) is 5.69 Å². The second-order valence-electron chi connectivity index (χ2n) is 8.83. The fourth-order valence-corrected chi connectivity index (χ4v) is 4.97. The van der Waals surface area contributed by atoms with Crippen molar-refractivity contribution in [2.75, 3.05) is 33.1 Å². The second kappa shape index (κ2) is 10.3. The van der Waals surface area contributed by atoms with Gasteiger partial charge in [-0.25, -0.2) is 0 Å². The molecule has 0 spiro atoms. The van der Waals surface area contributed by atoms with Crippen LogP contribution < -0.4 is 15.2 Å². The minimum Gasteiger partial charge on any atom is -0.493 e. The molecular formula is C28H34N2O4. The molecule has 2 N–H and O–H groups in total. The van der Waals surface area contributed by atoms with Gasteiger partial charge in [0.1, 0.15) is 0 Å². The molecule has 34 heavy (non-hydrogen) atoms. The second-order valence-corrected chi connectivity index (χ2v) is 8.83. The summed E-state index contributed by atoms with van der Waals surface area (Å²) in [5, 5.41) is 2.09. The summed E-state index contributed by atoms with van der Waals surface area (Å²) < 4.78 is 16.2. The maximum absolute atomic E-state index is 12.1. The van der Waals surface area contributed by atoms with E-state index in [4.69, 9.17) is 19.9 Å². The molecule has 0 aliphatic carbocycles. The van der Waals surface area contributed by atoms with E-state index in [0.29, 0.717) is 12.3 Å². The van der Waals surface area contributed by atoms with Gasteiger partial charge in [-0.15, -0.1) is 0 Å². The number of benzene rings is 3. The van der Waals surface area contributed by atoms with Gasteiger partial charge in [-0.2, -0.15) is 0 Å². The van der Waals surface area contributed by atoms with Crippen LogP contribution in [0.15, 0.2) is 42.5 Å². The lowest BCUT2D eigenvalue weighted by molar-refractivity contribution is -0.142. The van der Waals surface area contributed by atoms with Gasteiger partial charge in [0.15, 0.2) is 11.5 Å². The predicted octanol–water partition coefficient (Wildman–Crippen LogP) is 5.05. The summed E-state index contributed by atoms with van der Waals surface area (Å²) in [6.07, 6.45) is 2.28. The SMILES string of the molecule is CCOC(=O)Cc1c(N)ccc2cc(CN3CCCc4cc(OC)c(OC)cc4C3C)ccc12. The zero-order valence-corrected chi connectivity index (χ0v) is 20.5. The van der Waals surface area contributed by atoms with Crippen molar-refractivity contribution >= 4 is 22.4 Å². The normalized spacial score (nSPS) is 16.1. The van der Waals surface area contributed by atoms with Crippen LogP contribution in [0.5, 0.6) is 11.5 Å². The fourth-order valence-electron chi connectivity index (χ4n) is 4.97. The van der Waals surface area contributed by atoms with Crippen LogP contribution >= 0.6 is 0 Å². The average Bonchev–Trinajstić information content (AvgIpc) is 2.98. The van der Waals surface area contributed by atoms with Crippen LogP contribution in [0.2, 0.25) is 0 Å². The Morgan fingerprint density at radius 2 is 1.85 bits per heavy atom. The van der Waals surface area contributed by atoms with Crippen LogP contribution in [0.25, 0.3) is 10.8 Å². The number of rotatable bonds is 7. The lowest BCUT2D eigenvalue weighted by Gasteiger charge is -2.29. The summed E-state index contributed by atoms with van der Waals surface area (Å²) in [5.41, 5.74) is 11.5. The number of nitrogens with zero attached hydrogens (tertiary/aromatic N) is 1. The molecule has 1 atom stereocenters. The number of ether oxygens (including phenoxy) is 3. The van der Waals surface area contributed by atoms with E-state index in [1.165, 1.54) is 16.7 Å². The molecule has 1 heterocycles. The molecule has 180 valence electrons. The first-order valence-electron chi connectivity index (χ1n) is 11.9. The number of hydrogen-bond acceptors (Lipinski definition) is 6. The highest BCUT2D eigenvalue weighted by molar-refractivity contribution is 5.93.